The maximum Gasteiger partial charge on any atom is 0.258 e. The van der Waals surface area contributed by atoms with Gasteiger partial charge in [0.25, 0.3) is 11.8 Å². The van der Waals surface area contributed by atoms with Gasteiger partial charge in [-0.25, -0.2) is 0 Å². The summed E-state index contributed by atoms with van der Waals surface area (Å²) in [5.74, 6) is -0.841. The standard InChI is InChI=1S/C30H35N3O5/c1-4-31(2)13-8-14-38-24-12-11-22-19-33(20-23(22)15-24)30(37)26-16-25(27(34)17-28(26)35)29(36)32(3)18-21-9-6-5-7-10-21/h5-7,9-12,15-17,34-35H,4,8,13-14,18-20H2,1-3H3. The second-order valence-corrected chi connectivity index (χ2v) is 9.72. The van der Waals surface area contributed by atoms with Crippen LogP contribution in [-0.4, -0.2) is 70.5 Å². The van der Waals surface area contributed by atoms with E-state index < -0.39 is 11.8 Å². The maximum atomic E-state index is 13.4. The molecule has 0 spiro atoms. The first kappa shape index (κ1) is 27.0. The smallest absolute Gasteiger partial charge is 0.258 e. The summed E-state index contributed by atoms with van der Waals surface area (Å²) in [6.45, 7) is 5.78. The molecule has 0 saturated heterocycles. The van der Waals surface area contributed by atoms with Gasteiger partial charge in [-0.2, -0.15) is 0 Å². The Morgan fingerprint density at radius 2 is 1.63 bits per heavy atom. The van der Waals surface area contributed by atoms with Crippen molar-refractivity contribution in [3.63, 3.8) is 0 Å². The van der Waals surface area contributed by atoms with Crippen LogP contribution >= 0.6 is 0 Å². The predicted molar refractivity (Wildman–Crippen MR) is 145 cm³/mol. The van der Waals surface area contributed by atoms with Gasteiger partial charge in [-0.3, -0.25) is 9.59 Å². The number of carbonyl (C=O) groups is 2. The Balaban J connectivity index is 1.44. The van der Waals surface area contributed by atoms with E-state index in [1.165, 1.54) is 11.0 Å². The van der Waals surface area contributed by atoms with Crippen LogP contribution in [0.25, 0.3) is 0 Å². The van der Waals surface area contributed by atoms with Crippen LogP contribution in [-0.2, 0) is 19.6 Å². The molecule has 0 aliphatic carbocycles. The summed E-state index contributed by atoms with van der Waals surface area (Å²) in [7, 11) is 3.71. The topological polar surface area (TPSA) is 93.6 Å². The largest absolute Gasteiger partial charge is 0.507 e. The highest BCUT2D eigenvalue weighted by Crippen LogP contribution is 2.33. The Hall–Kier alpha value is -4.04. The maximum absolute atomic E-state index is 13.4. The fourth-order valence-corrected chi connectivity index (χ4v) is 4.51. The molecule has 8 nitrogen and oxygen atoms in total. The molecule has 0 radical (unpaired) electrons. The van der Waals surface area contributed by atoms with Crippen molar-refractivity contribution in [3.05, 3.63) is 88.5 Å². The SMILES string of the molecule is CCN(C)CCCOc1ccc2c(c1)CN(C(=O)c1cc(C(=O)N(C)Cc3ccccc3)c(O)cc1O)C2. The van der Waals surface area contributed by atoms with Gasteiger partial charge in [-0.05, 0) is 54.9 Å². The Morgan fingerprint density at radius 1 is 0.921 bits per heavy atom. The molecule has 38 heavy (non-hydrogen) atoms. The average molecular weight is 518 g/mol. The van der Waals surface area contributed by atoms with Crippen molar-refractivity contribution >= 4 is 11.8 Å². The minimum atomic E-state index is -0.447. The number of phenols is 2. The lowest BCUT2D eigenvalue weighted by Gasteiger charge is -2.20. The minimum absolute atomic E-state index is 0.0245. The summed E-state index contributed by atoms with van der Waals surface area (Å²) in [5.41, 5.74) is 2.87. The molecule has 1 aliphatic heterocycles. The monoisotopic (exact) mass is 517 g/mol. The van der Waals surface area contributed by atoms with E-state index in [0.29, 0.717) is 26.2 Å². The highest BCUT2D eigenvalue weighted by atomic mass is 16.5. The molecule has 3 aromatic carbocycles. The summed E-state index contributed by atoms with van der Waals surface area (Å²) in [5, 5.41) is 20.9. The van der Waals surface area contributed by atoms with Crippen molar-refractivity contribution in [2.24, 2.45) is 0 Å². The molecule has 2 N–H and O–H groups in total. The predicted octanol–water partition coefficient (Wildman–Crippen LogP) is 4.25. The third-order valence-electron chi connectivity index (χ3n) is 6.86. The van der Waals surface area contributed by atoms with Crippen LogP contribution in [0, 0.1) is 0 Å². The summed E-state index contributed by atoms with van der Waals surface area (Å²) in [6, 6.07) is 17.6. The van der Waals surface area contributed by atoms with Gasteiger partial charge in [0.2, 0.25) is 0 Å². The Morgan fingerprint density at radius 3 is 2.37 bits per heavy atom. The van der Waals surface area contributed by atoms with Crippen LogP contribution in [0.3, 0.4) is 0 Å². The van der Waals surface area contributed by atoms with Crippen LogP contribution < -0.4 is 4.74 Å². The normalized spacial score (nSPS) is 12.5. The Kier molecular flexibility index (Phi) is 8.53. The van der Waals surface area contributed by atoms with Crippen molar-refractivity contribution in [1.29, 1.82) is 0 Å². The highest BCUT2D eigenvalue weighted by Gasteiger charge is 2.28. The fourth-order valence-electron chi connectivity index (χ4n) is 4.51. The van der Waals surface area contributed by atoms with E-state index >= 15 is 0 Å². The summed E-state index contributed by atoms with van der Waals surface area (Å²) in [6.07, 6.45) is 0.924. The third-order valence-corrected chi connectivity index (χ3v) is 6.86. The number of phenolic OH excluding ortho intramolecular Hbond substituents is 2. The van der Waals surface area contributed by atoms with Crippen molar-refractivity contribution in [1.82, 2.24) is 14.7 Å². The number of hydrogen-bond donors (Lipinski definition) is 2. The van der Waals surface area contributed by atoms with Gasteiger partial charge in [0.15, 0.2) is 0 Å². The van der Waals surface area contributed by atoms with Gasteiger partial charge in [-0.1, -0.05) is 43.3 Å². The molecule has 8 heteroatoms. The van der Waals surface area contributed by atoms with E-state index in [9.17, 15) is 19.8 Å². The number of fused-ring (bicyclic) bond motifs is 1. The number of carbonyl (C=O) groups excluding carboxylic acids is 2. The number of nitrogens with zero attached hydrogens (tertiary/aromatic N) is 3. The van der Waals surface area contributed by atoms with Gasteiger partial charge in [-0.15, -0.1) is 0 Å². The third kappa shape index (κ3) is 6.26. The fraction of sp³-hybridized carbons (Fsp3) is 0.333. The molecular weight excluding hydrogens is 482 g/mol. The molecule has 2 amide bonds. The summed E-state index contributed by atoms with van der Waals surface area (Å²) < 4.78 is 5.91. The second kappa shape index (κ2) is 12.0. The lowest BCUT2D eigenvalue weighted by atomic mass is 10.1. The van der Waals surface area contributed by atoms with Gasteiger partial charge >= 0.3 is 0 Å². The number of aromatic hydroxyl groups is 2. The zero-order chi connectivity index (χ0) is 27.2. The van der Waals surface area contributed by atoms with Crippen LogP contribution in [0.2, 0.25) is 0 Å². The van der Waals surface area contributed by atoms with Crippen LogP contribution in [0.5, 0.6) is 17.2 Å². The molecule has 0 fully saturated rings. The molecule has 0 saturated carbocycles. The van der Waals surface area contributed by atoms with Crippen molar-refractivity contribution in [2.75, 3.05) is 33.8 Å². The van der Waals surface area contributed by atoms with Gasteiger partial charge in [0, 0.05) is 39.3 Å². The zero-order valence-corrected chi connectivity index (χ0v) is 22.2. The van der Waals surface area contributed by atoms with Gasteiger partial charge < -0.3 is 29.6 Å². The number of benzene rings is 3. The Labute approximate surface area is 223 Å². The second-order valence-electron chi connectivity index (χ2n) is 9.72. The molecule has 200 valence electrons. The number of hydrogen-bond acceptors (Lipinski definition) is 6. The van der Waals surface area contributed by atoms with E-state index in [1.54, 1.807) is 11.9 Å². The van der Waals surface area contributed by atoms with E-state index in [0.717, 1.165) is 48.0 Å². The van der Waals surface area contributed by atoms with Crippen LogP contribution in [0.1, 0.15) is 50.8 Å². The van der Waals surface area contributed by atoms with E-state index in [-0.39, 0.29) is 22.6 Å². The summed E-state index contributed by atoms with van der Waals surface area (Å²) in [4.78, 5) is 31.8. The molecule has 0 aromatic heterocycles. The van der Waals surface area contributed by atoms with Crippen molar-refractivity contribution < 1.29 is 24.5 Å². The Bertz CT molecular complexity index is 1290. The van der Waals surface area contributed by atoms with Gasteiger partial charge in [0.05, 0.1) is 17.7 Å². The molecule has 0 atom stereocenters. The zero-order valence-electron chi connectivity index (χ0n) is 22.2. The van der Waals surface area contributed by atoms with E-state index in [4.69, 9.17) is 4.74 Å². The molecule has 1 aliphatic rings. The van der Waals surface area contributed by atoms with Crippen molar-refractivity contribution in [3.8, 4) is 17.2 Å². The minimum Gasteiger partial charge on any atom is -0.507 e. The van der Waals surface area contributed by atoms with Crippen LogP contribution in [0.15, 0.2) is 60.7 Å². The van der Waals surface area contributed by atoms with Crippen molar-refractivity contribution in [2.45, 2.75) is 33.0 Å². The quantitative estimate of drug-likeness (QED) is 0.391. The van der Waals surface area contributed by atoms with Gasteiger partial charge in [0.1, 0.15) is 17.2 Å². The average Bonchev–Trinajstić information content (AvgIpc) is 3.34. The van der Waals surface area contributed by atoms with E-state index in [1.807, 2.05) is 48.5 Å². The highest BCUT2D eigenvalue weighted by molar-refractivity contribution is 6.03. The first-order chi connectivity index (χ1) is 18.3. The number of ether oxygens (including phenoxy) is 1. The lowest BCUT2D eigenvalue weighted by molar-refractivity contribution is 0.0748. The molecule has 0 bridgehead atoms. The molecule has 4 rings (SSSR count). The summed E-state index contributed by atoms with van der Waals surface area (Å²) >= 11 is 0. The molecule has 3 aromatic rings. The number of rotatable bonds is 10. The van der Waals surface area contributed by atoms with E-state index in [2.05, 4.69) is 18.9 Å². The first-order valence-corrected chi connectivity index (χ1v) is 12.8. The number of amides is 2. The lowest BCUT2D eigenvalue weighted by Crippen LogP contribution is -2.28. The first-order valence-electron chi connectivity index (χ1n) is 12.8. The molecule has 1 heterocycles. The molecule has 0 unspecified atom stereocenters. The molecular formula is C30H35N3O5. The van der Waals surface area contributed by atoms with Crippen LogP contribution in [0.4, 0.5) is 0 Å².